The Balaban J connectivity index is 1.98. The molecule has 25 heavy (non-hydrogen) atoms. The summed E-state index contributed by atoms with van der Waals surface area (Å²) in [4.78, 5) is 12.6. The minimum absolute atomic E-state index is 0.144. The van der Waals surface area contributed by atoms with E-state index in [1.54, 1.807) is 31.0 Å². The molecule has 136 valence electrons. The summed E-state index contributed by atoms with van der Waals surface area (Å²) in [5, 5.41) is 0.148. The summed E-state index contributed by atoms with van der Waals surface area (Å²) >= 11 is 1.58. The Labute approximate surface area is 153 Å². The molecule has 0 N–H and O–H groups in total. The van der Waals surface area contributed by atoms with E-state index in [1.165, 1.54) is 12.1 Å². The summed E-state index contributed by atoms with van der Waals surface area (Å²) in [5.74, 6) is 0.323. The molecule has 3 nitrogen and oxygen atoms in total. The van der Waals surface area contributed by atoms with Crippen molar-refractivity contribution in [2.45, 2.75) is 39.0 Å². The molecular weight excluding hydrogens is 337 g/mol. The number of benzene rings is 1. The van der Waals surface area contributed by atoms with Gasteiger partial charge in [-0.2, -0.15) is 0 Å². The number of nitrogens with zero attached hydrogens (tertiary/aromatic N) is 1. The van der Waals surface area contributed by atoms with E-state index >= 15 is 0 Å². The van der Waals surface area contributed by atoms with Gasteiger partial charge in [-0.15, -0.1) is 11.8 Å². The molecule has 0 spiro atoms. The number of aryl methyl sites for hydroxylation is 1. The van der Waals surface area contributed by atoms with Crippen LogP contribution in [0.2, 0.25) is 0 Å². The Bertz CT molecular complexity index is 709. The van der Waals surface area contributed by atoms with Crippen molar-refractivity contribution in [3.8, 4) is 0 Å². The number of carbonyl (C=O) groups is 1. The Morgan fingerprint density at radius 3 is 2.60 bits per heavy atom. The van der Waals surface area contributed by atoms with Gasteiger partial charge in [-0.25, -0.2) is 4.39 Å². The van der Waals surface area contributed by atoms with Gasteiger partial charge in [0.1, 0.15) is 5.82 Å². The quantitative estimate of drug-likeness (QED) is 0.466. The number of ether oxygens (including phenoxy) is 1. The van der Waals surface area contributed by atoms with Crippen molar-refractivity contribution >= 4 is 17.5 Å². The summed E-state index contributed by atoms with van der Waals surface area (Å²) in [6, 6.07) is 8.45. The number of thioether (sulfide) groups is 1. The SMILES string of the molecule is COCCCn1c(C)cc(C(=O)CSC(C)c2ccc(F)cc2)c1C. The first-order valence-corrected chi connectivity index (χ1v) is 9.54. The van der Waals surface area contributed by atoms with E-state index < -0.39 is 0 Å². The zero-order valence-corrected chi connectivity index (χ0v) is 16.2. The number of ketones is 1. The molecule has 2 rings (SSSR count). The molecule has 1 unspecified atom stereocenters. The summed E-state index contributed by atoms with van der Waals surface area (Å²) < 4.78 is 20.3. The van der Waals surface area contributed by atoms with E-state index in [4.69, 9.17) is 4.74 Å². The van der Waals surface area contributed by atoms with E-state index in [1.807, 2.05) is 26.8 Å². The van der Waals surface area contributed by atoms with Gasteiger partial charge < -0.3 is 9.30 Å². The van der Waals surface area contributed by atoms with Gasteiger partial charge in [0.25, 0.3) is 0 Å². The fourth-order valence-corrected chi connectivity index (χ4v) is 3.81. The number of rotatable bonds is 9. The first kappa shape index (κ1) is 19.7. The molecule has 0 bridgehead atoms. The highest BCUT2D eigenvalue weighted by Gasteiger charge is 2.17. The molecular formula is C20H26FNO2S. The van der Waals surface area contributed by atoms with Crippen LogP contribution in [-0.2, 0) is 11.3 Å². The minimum atomic E-state index is -0.238. The van der Waals surface area contributed by atoms with Gasteiger partial charge in [0, 0.05) is 42.5 Å². The van der Waals surface area contributed by atoms with E-state index in [0.29, 0.717) is 12.4 Å². The van der Waals surface area contributed by atoms with Gasteiger partial charge in [-0.1, -0.05) is 12.1 Å². The lowest BCUT2D eigenvalue weighted by molar-refractivity contribution is 0.102. The van der Waals surface area contributed by atoms with E-state index in [2.05, 4.69) is 4.57 Å². The summed E-state index contributed by atoms with van der Waals surface area (Å²) in [6.07, 6.45) is 0.927. The molecule has 1 heterocycles. The Morgan fingerprint density at radius 2 is 1.96 bits per heavy atom. The third kappa shape index (κ3) is 5.19. The number of Topliss-reactive ketones (excluding diaryl/α,β-unsaturated/α-hetero) is 1. The van der Waals surface area contributed by atoms with Crippen molar-refractivity contribution < 1.29 is 13.9 Å². The zero-order valence-electron chi connectivity index (χ0n) is 15.3. The Morgan fingerprint density at radius 1 is 1.28 bits per heavy atom. The summed E-state index contributed by atoms with van der Waals surface area (Å²) in [7, 11) is 1.70. The molecule has 0 saturated heterocycles. The van der Waals surface area contributed by atoms with Gasteiger partial charge in [0.05, 0.1) is 5.75 Å². The average molecular weight is 363 g/mol. The molecule has 0 saturated carbocycles. The monoisotopic (exact) mass is 363 g/mol. The van der Waals surface area contributed by atoms with Crippen LogP contribution in [0.25, 0.3) is 0 Å². The maximum atomic E-state index is 13.0. The summed E-state index contributed by atoms with van der Waals surface area (Å²) in [6.45, 7) is 7.65. The molecule has 0 aliphatic rings. The molecule has 0 radical (unpaired) electrons. The van der Waals surface area contributed by atoms with E-state index in [0.717, 1.165) is 35.5 Å². The van der Waals surface area contributed by atoms with Gasteiger partial charge in [-0.3, -0.25) is 4.79 Å². The molecule has 1 atom stereocenters. The first-order valence-electron chi connectivity index (χ1n) is 8.50. The van der Waals surface area contributed by atoms with Gasteiger partial charge in [0.2, 0.25) is 0 Å². The maximum Gasteiger partial charge on any atom is 0.174 e. The van der Waals surface area contributed by atoms with Crippen LogP contribution in [0.3, 0.4) is 0 Å². The Kier molecular flexibility index (Phi) is 7.26. The number of carbonyl (C=O) groups excluding carboxylic acids is 1. The fraction of sp³-hybridized carbons (Fsp3) is 0.450. The van der Waals surface area contributed by atoms with Crippen LogP contribution in [0, 0.1) is 19.7 Å². The van der Waals surface area contributed by atoms with Crippen molar-refractivity contribution in [2.24, 2.45) is 0 Å². The number of halogens is 1. The third-order valence-electron chi connectivity index (χ3n) is 4.41. The largest absolute Gasteiger partial charge is 0.385 e. The van der Waals surface area contributed by atoms with Crippen molar-refractivity contribution in [1.82, 2.24) is 4.57 Å². The second-order valence-corrected chi connectivity index (χ2v) is 7.54. The highest BCUT2D eigenvalue weighted by atomic mass is 32.2. The van der Waals surface area contributed by atoms with Crippen LogP contribution in [0.1, 0.15) is 45.9 Å². The lowest BCUT2D eigenvalue weighted by Crippen LogP contribution is -2.08. The standard InChI is InChI=1S/C20H26FNO2S/c1-14-12-19(15(2)22(14)10-5-11-24-4)20(23)13-25-16(3)17-6-8-18(21)9-7-17/h6-9,12,16H,5,10-11,13H2,1-4H3. The molecule has 0 fully saturated rings. The summed E-state index contributed by atoms with van der Waals surface area (Å²) in [5.41, 5.74) is 3.96. The maximum absolute atomic E-state index is 13.0. The van der Waals surface area contributed by atoms with Crippen LogP contribution in [0.5, 0.6) is 0 Å². The first-order chi connectivity index (χ1) is 11.9. The third-order valence-corrected chi connectivity index (χ3v) is 5.61. The van der Waals surface area contributed by atoms with Gasteiger partial charge in [-0.05, 0) is 51.0 Å². The van der Waals surface area contributed by atoms with Crippen molar-refractivity contribution in [3.05, 3.63) is 58.7 Å². The molecule has 1 aromatic carbocycles. The number of hydrogen-bond donors (Lipinski definition) is 0. The lowest BCUT2D eigenvalue weighted by Gasteiger charge is -2.12. The molecule has 0 aliphatic carbocycles. The van der Waals surface area contributed by atoms with Crippen molar-refractivity contribution in [2.75, 3.05) is 19.5 Å². The zero-order chi connectivity index (χ0) is 18.4. The predicted octanol–water partition coefficient (Wildman–Crippen LogP) is 4.96. The van der Waals surface area contributed by atoms with Crippen LogP contribution in [0.15, 0.2) is 30.3 Å². The highest BCUT2D eigenvalue weighted by Crippen LogP contribution is 2.29. The minimum Gasteiger partial charge on any atom is -0.385 e. The van der Waals surface area contributed by atoms with Crippen LogP contribution < -0.4 is 0 Å². The topological polar surface area (TPSA) is 31.2 Å². The van der Waals surface area contributed by atoms with E-state index in [9.17, 15) is 9.18 Å². The molecule has 0 aliphatic heterocycles. The van der Waals surface area contributed by atoms with Crippen LogP contribution in [-0.4, -0.2) is 29.8 Å². The second kappa shape index (κ2) is 9.20. The van der Waals surface area contributed by atoms with Gasteiger partial charge in [0.15, 0.2) is 5.78 Å². The highest BCUT2D eigenvalue weighted by molar-refractivity contribution is 8.00. The molecule has 0 amide bonds. The average Bonchev–Trinajstić information content (AvgIpc) is 2.88. The van der Waals surface area contributed by atoms with Crippen LogP contribution >= 0.6 is 11.8 Å². The van der Waals surface area contributed by atoms with Gasteiger partial charge >= 0.3 is 0 Å². The molecule has 2 aromatic rings. The lowest BCUT2D eigenvalue weighted by atomic mass is 10.2. The molecule has 5 heteroatoms. The Hall–Kier alpha value is -1.59. The van der Waals surface area contributed by atoms with E-state index in [-0.39, 0.29) is 16.9 Å². The van der Waals surface area contributed by atoms with Crippen LogP contribution in [0.4, 0.5) is 4.39 Å². The molecule has 1 aromatic heterocycles. The van der Waals surface area contributed by atoms with Crippen molar-refractivity contribution in [1.29, 1.82) is 0 Å². The number of aromatic nitrogens is 1. The number of hydrogen-bond acceptors (Lipinski definition) is 3. The van der Waals surface area contributed by atoms with Crippen molar-refractivity contribution in [3.63, 3.8) is 0 Å². The fourth-order valence-electron chi connectivity index (χ4n) is 2.90. The predicted molar refractivity (Wildman–Crippen MR) is 102 cm³/mol. The smallest absolute Gasteiger partial charge is 0.174 e. The second-order valence-electron chi connectivity index (χ2n) is 6.21. The number of methoxy groups -OCH3 is 1. The normalized spacial score (nSPS) is 12.4.